The number of para-hydroxylation sites is 1. The highest BCUT2D eigenvalue weighted by Gasteiger charge is 2.36. The van der Waals surface area contributed by atoms with Crippen LogP contribution in [0.15, 0.2) is 66.7 Å². The Bertz CT molecular complexity index is 1690. The van der Waals surface area contributed by atoms with Crippen molar-refractivity contribution >= 4 is 40.3 Å². The van der Waals surface area contributed by atoms with Gasteiger partial charge in [-0.1, -0.05) is 36.4 Å². The highest BCUT2D eigenvalue weighted by Crippen LogP contribution is 2.39. The normalized spacial score (nSPS) is 16.3. The Kier molecular flexibility index (Phi) is 5.00. The third kappa shape index (κ3) is 3.45. The summed E-state index contributed by atoms with van der Waals surface area (Å²) in [5.74, 6) is -0.136. The smallest absolute Gasteiger partial charge is 0.340 e. The maximum atomic E-state index is 13.5. The van der Waals surface area contributed by atoms with Crippen molar-refractivity contribution in [2.45, 2.75) is 12.8 Å². The van der Waals surface area contributed by atoms with Crippen LogP contribution in [-0.2, 0) is 11.2 Å². The number of ether oxygens (including phenoxy) is 3. The third-order valence-corrected chi connectivity index (χ3v) is 7.09. The molecule has 3 aromatic carbocycles. The molecule has 1 aromatic heterocycles. The summed E-state index contributed by atoms with van der Waals surface area (Å²) in [4.78, 5) is 44.8. The number of aromatic nitrogens is 1. The van der Waals surface area contributed by atoms with Crippen LogP contribution in [0.1, 0.15) is 54.3 Å². The molecular weight excluding hydrogens is 484 g/mol. The predicted octanol–water partition coefficient (Wildman–Crippen LogP) is 4.86. The number of hydrogen-bond acceptors (Lipinski definition) is 7. The number of allylic oxidation sites excluding steroid dienone is 1. The van der Waals surface area contributed by atoms with Crippen molar-refractivity contribution in [3.05, 3.63) is 100 Å². The summed E-state index contributed by atoms with van der Waals surface area (Å²) >= 11 is 0. The highest BCUT2D eigenvalue weighted by atomic mass is 16.7. The molecule has 1 aliphatic carbocycles. The van der Waals surface area contributed by atoms with Gasteiger partial charge in [-0.3, -0.25) is 9.59 Å². The molecule has 7 rings (SSSR count). The van der Waals surface area contributed by atoms with Crippen molar-refractivity contribution in [2.75, 3.05) is 13.5 Å². The number of hydrogen-bond donors (Lipinski definition) is 0. The van der Waals surface area contributed by atoms with Crippen LogP contribution in [0.2, 0.25) is 0 Å². The van der Waals surface area contributed by atoms with E-state index < -0.39 is 24.5 Å². The first-order chi connectivity index (χ1) is 18.6. The van der Waals surface area contributed by atoms with Crippen LogP contribution in [0.3, 0.4) is 0 Å². The molecule has 0 N–H and O–H groups in total. The summed E-state index contributed by atoms with van der Waals surface area (Å²) in [5, 5.41) is 0.669. The molecule has 0 radical (unpaired) electrons. The van der Waals surface area contributed by atoms with Gasteiger partial charge in [0.25, 0.3) is 11.8 Å². The van der Waals surface area contributed by atoms with E-state index in [1.54, 1.807) is 24.3 Å². The topological polar surface area (TPSA) is 95.0 Å². The molecule has 8 heteroatoms. The summed E-state index contributed by atoms with van der Waals surface area (Å²) in [6.07, 6.45) is 3.36. The Hall–Kier alpha value is -4.98. The van der Waals surface area contributed by atoms with Crippen LogP contribution in [0.25, 0.3) is 22.6 Å². The van der Waals surface area contributed by atoms with E-state index in [0.717, 1.165) is 27.3 Å². The van der Waals surface area contributed by atoms with Crippen molar-refractivity contribution in [1.82, 2.24) is 9.88 Å². The minimum atomic E-state index is -0.597. The number of imide groups is 1. The van der Waals surface area contributed by atoms with Crippen molar-refractivity contribution in [3.8, 4) is 11.5 Å². The van der Waals surface area contributed by atoms with Crippen molar-refractivity contribution in [1.29, 1.82) is 0 Å². The van der Waals surface area contributed by atoms with Gasteiger partial charge in [-0.15, -0.1) is 0 Å². The molecule has 0 spiro atoms. The van der Waals surface area contributed by atoms with Crippen molar-refractivity contribution in [2.24, 2.45) is 0 Å². The largest absolute Gasteiger partial charge is 0.454 e. The van der Waals surface area contributed by atoms with E-state index in [2.05, 4.69) is 0 Å². The van der Waals surface area contributed by atoms with Crippen molar-refractivity contribution < 1.29 is 28.6 Å². The van der Waals surface area contributed by atoms with Gasteiger partial charge in [0.05, 0.1) is 27.9 Å². The van der Waals surface area contributed by atoms with Crippen LogP contribution < -0.4 is 9.47 Å². The zero-order chi connectivity index (χ0) is 25.8. The van der Waals surface area contributed by atoms with Gasteiger partial charge in [-0.05, 0) is 65.9 Å². The van der Waals surface area contributed by atoms with E-state index >= 15 is 0 Å². The first kappa shape index (κ1) is 22.2. The lowest BCUT2D eigenvalue weighted by Crippen LogP contribution is -2.33. The molecule has 0 atom stereocenters. The number of esters is 1. The Balaban J connectivity index is 1.22. The van der Waals surface area contributed by atoms with Crippen molar-refractivity contribution in [3.63, 3.8) is 0 Å². The number of benzene rings is 3. The van der Waals surface area contributed by atoms with Crippen LogP contribution >= 0.6 is 0 Å². The second kappa shape index (κ2) is 8.55. The Morgan fingerprint density at radius 3 is 2.47 bits per heavy atom. The van der Waals surface area contributed by atoms with Crippen LogP contribution in [0.5, 0.6) is 11.5 Å². The van der Waals surface area contributed by atoms with E-state index in [0.29, 0.717) is 51.9 Å². The molecule has 0 saturated carbocycles. The quantitative estimate of drug-likeness (QED) is 0.289. The first-order valence-electron chi connectivity index (χ1n) is 12.2. The summed E-state index contributed by atoms with van der Waals surface area (Å²) in [5.41, 5.74) is 5.18. The Morgan fingerprint density at radius 1 is 0.921 bits per heavy atom. The minimum Gasteiger partial charge on any atom is -0.454 e. The van der Waals surface area contributed by atoms with Gasteiger partial charge in [-0.25, -0.2) is 14.7 Å². The fourth-order valence-electron chi connectivity index (χ4n) is 5.27. The molecule has 0 unspecified atom stereocenters. The Morgan fingerprint density at radius 2 is 1.66 bits per heavy atom. The molecule has 0 bridgehead atoms. The number of rotatable bonds is 4. The number of carbonyl (C=O) groups excluding carboxylic acids is 3. The lowest BCUT2D eigenvalue weighted by molar-refractivity contribution is 0.0229. The third-order valence-electron chi connectivity index (χ3n) is 7.09. The molecule has 2 amide bonds. The standard InChI is InChI=1S/C30H20N2O6/c33-28-19-5-1-2-6-20(19)29(34)32(28)15-36-30(35)26-21-7-3-4-8-23(21)31-27-18(10-11-22(26)27)13-17-9-12-24-25(14-17)38-16-37-24/h1-9,12-14H,10-11,15-16H2/b18-13+. The number of amides is 2. The molecule has 3 heterocycles. The van der Waals surface area contributed by atoms with Gasteiger partial charge in [0.2, 0.25) is 6.79 Å². The molecule has 0 fully saturated rings. The van der Waals surface area contributed by atoms with E-state index in [1.165, 1.54) is 0 Å². The van der Waals surface area contributed by atoms with Crippen LogP contribution in [-0.4, -0.2) is 41.2 Å². The average molecular weight is 504 g/mol. The van der Waals surface area contributed by atoms with Gasteiger partial charge < -0.3 is 14.2 Å². The molecule has 0 saturated heterocycles. The Labute approximate surface area is 217 Å². The second-order valence-corrected chi connectivity index (χ2v) is 9.26. The molecule has 38 heavy (non-hydrogen) atoms. The zero-order valence-electron chi connectivity index (χ0n) is 20.1. The highest BCUT2D eigenvalue weighted by molar-refractivity contribution is 6.21. The van der Waals surface area contributed by atoms with Gasteiger partial charge in [0.1, 0.15) is 0 Å². The van der Waals surface area contributed by atoms with Crippen LogP contribution in [0, 0.1) is 0 Å². The van der Waals surface area contributed by atoms with Gasteiger partial charge in [0.15, 0.2) is 18.2 Å². The first-order valence-corrected chi connectivity index (χ1v) is 12.2. The lowest BCUT2D eigenvalue weighted by Gasteiger charge is -2.16. The summed E-state index contributed by atoms with van der Waals surface area (Å²) in [6.45, 7) is -0.256. The predicted molar refractivity (Wildman–Crippen MR) is 138 cm³/mol. The number of pyridine rings is 1. The minimum absolute atomic E-state index is 0.206. The molecular formula is C30H20N2O6. The molecule has 3 aliphatic rings. The molecule has 186 valence electrons. The average Bonchev–Trinajstić information content (AvgIpc) is 3.63. The van der Waals surface area contributed by atoms with E-state index in [4.69, 9.17) is 19.2 Å². The molecule has 8 nitrogen and oxygen atoms in total. The van der Waals surface area contributed by atoms with Gasteiger partial charge in [0, 0.05) is 5.39 Å². The summed E-state index contributed by atoms with van der Waals surface area (Å²) in [7, 11) is 0. The van der Waals surface area contributed by atoms with E-state index in [-0.39, 0.29) is 6.79 Å². The fourth-order valence-corrected chi connectivity index (χ4v) is 5.27. The van der Waals surface area contributed by atoms with E-state index in [9.17, 15) is 14.4 Å². The zero-order valence-corrected chi connectivity index (χ0v) is 20.1. The second-order valence-electron chi connectivity index (χ2n) is 9.26. The number of carbonyl (C=O) groups is 3. The van der Waals surface area contributed by atoms with Gasteiger partial charge in [-0.2, -0.15) is 0 Å². The monoisotopic (exact) mass is 504 g/mol. The number of fused-ring (bicyclic) bond motifs is 4. The fraction of sp³-hybridized carbons (Fsp3) is 0.133. The summed E-state index contributed by atoms with van der Waals surface area (Å²) in [6, 6.07) is 19.7. The molecule has 2 aliphatic heterocycles. The maximum Gasteiger partial charge on any atom is 0.340 e. The van der Waals surface area contributed by atoms with Gasteiger partial charge >= 0.3 is 5.97 Å². The SMILES string of the molecule is O=C(OCN1C(=O)c2ccccc2C1=O)c1c2c(nc3ccccc13)/C(=C/c1ccc3c(c1)OCO3)CC2. The number of nitrogens with zero attached hydrogens (tertiary/aromatic N) is 2. The van der Waals surface area contributed by atoms with Crippen LogP contribution in [0.4, 0.5) is 0 Å². The lowest BCUT2D eigenvalue weighted by atomic mass is 10.0. The molecule has 4 aromatic rings. The maximum absolute atomic E-state index is 13.5. The van der Waals surface area contributed by atoms with E-state index in [1.807, 2.05) is 48.5 Å². The summed E-state index contributed by atoms with van der Waals surface area (Å²) < 4.78 is 16.5.